The number of rotatable bonds is 3. The largest absolute Gasteiger partial charge is 0.508 e. The van der Waals surface area contributed by atoms with Crippen molar-refractivity contribution in [3.63, 3.8) is 0 Å². The molecule has 4 heteroatoms. The normalized spacial score (nSPS) is 10.3. The minimum Gasteiger partial charge on any atom is -0.508 e. The highest BCUT2D eigenvalue weighted by atomic mass is 32.2. The summed E-state index contributed by atoms with van der Waals surface area (Å²) >= 11 is 3.39. The van der Waals surface area contributed by atoms with Gasteiger partial charge in [0.1, 0.15) is 10.8 Å². The van der Waals surface area contributed by atoms with Gasteiger partial charge >= 0.3 is 0 Å². The van der Waals surface area contributed by atoms with Crippen LogP contribution in [0.25, 0.3) is 0 Å². The zero-order chi connectivity index (χ0) is 9.80. The van der Waals surface area contributed by atoms with Crippen LogP contribution in [0.2, 0.25) is 0 Å². The third-order valence-corrected chi connectivity index (χ3v) is 3.67. The number of thiazole rings is 1. The van der Waals surface area contributed by atoms with E-state index in [0.717, 1.165) is 15.7 Å². The quantitative estimate of drug-likeness (QED) is 0.811. The molecule has 0 aliphatic carbocycles. The Labute approximate surface area is 90.6 Å². The monoisotopic (exact) mass is 223 g/mol. The fraction of sp³-hybridized carbons (Fsp3) is 0.100. The molecule has 0 bridgehead atoms. The number of phenols is 1. The summed E-state index contributed by atoms with van der Waals surface area (Å²) in [7, 11) is 0. The lowest BCUT2D eigenvalue weighted by Crippen LogP contribution is -1.77. The van der Waals surface area contributed by atoms with Crippen LogP contribution in [0.5, 0.6) is 5.75 Å². The fourth-order valence-corrected chi connectivity index (χ4v) is 2.55. The number of phenolic OH excluding ortho intramolecular Hbond substituents is 1. The second kappa shape index (κ2) is 4.48. The van der Waals surface area contributed by atoms with Gasteiger partial charge in [0.05, 0.1) is 5.75 Å². The van der Waals surface area contributed by atoms with Gasteiger partial charge in [-0.05, 0) is 24.3 Å². The van der Waals surface area contributed by atoms with Gasteiger partial charge in [-0.2, -0.15) is 0 Å². The van der Waals surface area contributed by atoms with Gasteiger partial charge in [-0.1, -0.05) is 0 Å². The van der Waals surface area contributed by atoms with E-state index in [4.69, 9.17) is 5.11 Å². The van der Waals surface area contributed by atoms with E-state index in [0.29, 0.717) is 5.75 Å². The van der Waals surface area contributed by atoms with Crippen molar-refractivity contribution < 1.29 is 5.11 Å². The van der Waals surface area contributed by atoms with E-state index in [-0.39, 0.29) is 0 Å². The Morgan fingerprint density at radius 3 is 2.71 bits per heavy atom. The molecule has 1 aromatic carbocycles. The summed E-state index contributed by atoms with van der Waals surface area (Å²) in [6.45, 7) is 0. The molecule has 0 aliphatic heterocycles. The molecule has 0 unspecified atom stereocenters. The summed E-state index contributed by atoms with van der Waals surface area (Å²) < 4.78 is 0. The first-order valence-electron chi connectivity index (χ1n) is 4.15. The van der Waals surface area contributed by atoms with Crippen molar-refractivity contribution in [2.75, 3.05) is 0 Å². The zero-order valence-corrected chi connectivity index (χ0v) is 9.02. The van der Waals surface area contributed by atoms with E-state index in [1.165, 1.54) is 0 Å². The number of benzene rings is 1. The first-order valence-corrected chi connectivity index (χ1v) is 6.01. The van der Waals surface area contributed by atoms with Gasteiger partial charge in [-0.15, -0.1) is 23.1 Å². The summed E-state index contributed by atoms with van der Waals surface area (Å²) in [6, 6.07) is 7.22. The van der Waals surface area contributed by atoms with Crippen molar-refractivity contribution in [3.8, 4) is 5.75 Å². The maximum atomic E-state index is 9.09. The first-order chi connectivity index (χ1) is 6.84. The van der Waals surface area contributed by atoms with Crippen LogP contribution >= 0.6 is 23.1 Å². The molecule has 14 heavy (non-hydrogen) atoms. The maximum Gasteiger partial charge on any atom is 0.115 e. The number of aromatic hydroxyl groups is 1. The molecule has 0 spiro atoms. The second-order valence-electron chi connectivity index (χ2n) is 2.71. The molecule has 72 valence electrons. The summed E-state index contributed by atoms with van der Waals surface area (Å²) in [5, 5.41) is 12.2. The predicted octanol–water partition coefficient (Wildman–Crippen LogP) is 3.14. The van der Waals surface area contributed by atoms with Gasteiger partial charge in [0.15, 0.2) is 0 Å². The number of thioether (sulfide) groups is 1. The molecular formula is C10H9NOS2. The maximum absolute atomic E-state index is 9.09. The van der Waals surface area contributed by atoms with Crippen molar-refractivity contribution in [1.29, 1.82) is 0 Å². The molecule has 0 fully saturated rings. The van der Waals surface area contributed by atoms with Gasteiger partial charge < -0.3 is 5.11 Å². The van der Waals surface area contributed by atoms with E-state index < -0.39 is 0 Å². The lowest BCUT2D eigenvalue weighted by molar-refractivity contribution is 0.475. The number of nitrogens with zero attached hydrogens (tertiary/aromatic N) is 1. The van der Waals surface area contributed by atoms with Crippen LogP contribution in [0.3, 0.4) is 0 Å². The smallest absolute Gasteiger partial charge is 0.115 e. The molecule has 1 heterocycles. The van der Waals surface area contributed by atoms with Crippen LogP contribution in [0, 0.1) is 0 Å². The lowest BCUT2D eigenvalue weighted by atomic mass is 10.3. The van der Waals surface area contributed by atoms with Crippen LogP contribution in [-0.2, 0) is 5.75 Å². The Morgan fingerprint density at radius 1 is 1.29 bits per heavy atom. The molecule has 1 aromatic heterocycles. The molecule has 0 saturated heterocycles. The molecule has 2 nitrogen and oxygen atoms in total. The van der Waals surface area contributed by atoms with E-state index in [9.17, 15) is 0 Å². The second-order valence-corrected chi connectivity index (χ2v) is 4.74. The van der Waals surface area contributed by atoms with E-state index in [1.54, 1.807) is 35.2 Å². The van der Waals surface area contributed by atoms with Gasteiger partial charge in [-0.25, -0.2) is 4.98 Å². The standard InChI is InChI=1S/C10H9NOS2/c12-8-1-3-9(4-2-8)14-7-10-11-5-6-13-10/h1-6,12H,7H2. The third kappa shape index (κ3) is 2.49. The number of hydrogen-bond donors (Lipinski definition) is 1. The summed E-state index contributed by atoms with van der Waals surface area (Å²) in [4.78, 5) is 5.35. The van der Waals surface area contributed by atoms with Gasteiger partial charge in [-0.3, -0.25) is 0 Å². The van der Waals surface area contributed by atoms with Crippen LogP contribution in [-0.4, -0.2) is 10.1 Å². The van der Waals surface area contributed by atoms with Gasteiger partial charge in [0, 0.05) is 16.5 Å². The Morgan fingerprint density at radius 2 is 2.07 bits per heavy atom. The fourth-order valence-electron chi connectivity index (χ4n) is 1.01. The van der Waals surface area contributed by atoms with E-state index >= 15 is 0 Å². The topological polar surface area (TPSA) is 33.1 Å². The van der Waals surface area contributed by atoms with Crippen LogP contribution in [0.4, 0.5) is 0 Å². The van der Waals surface area contributed by atoms with E-state index in [2.05, 4.69) is 4.98 Å². The molecule has 2 rings (SSSR count). The summed E-state index contributed by atoms with van der Waals surface area (Å²) in [5.41, 5.74) is 0. The average Bonchev–Trinajstić information content (AvgIpc) is 2.70. The Bertz CT molecular complexity index is 383. The molecular weight excluding hydrogens is 214 g/mol. The van der Waals surface area contributed by atoms with Gasteiger partial charge in [0.25, 0.3) is 0 Å². The Balaban J connectivity index is 1.95. The minimum atomic E-state index is 0.309. The van der Waals surface area contributed by atoms with Crippen molar-refractivity contribution >= 4 is 23.1 Å². The van der Waals surface area contributed by atoms with Crippen LogP contribution < -0.4 is 0 Å². The molecule has 0 amide bonds. The number of hydrogen-bond acceptors (Lipinski definition) is 4. The number of aromatic nitrogens is 1. The van der Waals surface area contributed by atoms with Crippen molar-refractivity contribution in [3.05, 3.63) is 40.8 Å². The molecule has 0 saturated carbocycles. The minimum absolute atomic E-state index is 0.309. The van der Waals surface area contributed by atoms with Crippen molar-refractivity contribution in [2.24, 2.45) is 0 Å². The van der Waals surface area contributed by atoms with E-state index in [1.807, 2.05) is 23.7 Å². The Kier molecular flexibility index (Phi) is 3.06. The highest BCUT2D eigenvalue weighted by Crippen LogP contribution is 2.24. The van der Waals surface area contributed by atoms with Crippen molar-refractivity contribution in [2.45, 2.75) is 10.6 Å². The van der Waals surface area contributed by atoms with Crippen LogP contribution in [0.15, 0.2) is 40.7 Å². The van der Waals surface area contributed by atoms with Crippen LogP contribution in [0.1, 0.15) is 5.01 Å². The highest BCUT2D eigenvalue weighted by molar-refractivity contribution is 7.98. The SMILES string of the molecule is Oc1ccc(SCc2nccs2)cc1. The first kappa shape index (κ1) is 9.55. The molecule has 0 atom stereocenters. The molecule has 2 aromatic rings. The molecule has 0 aliphatic rings. The molecule has 0 radical (unpaired) electrons. The summed E-state index contributed by atoms with van der Waals surface area (Å²) in [6.07, 6.45) is 1.82. The third-order valence-electron chi connectivity index (χ3n) is 1.68. The summed E-state index contributed by atoms with van der Waals surface area (Å²) in [5.74, 6) is 1.20. The average molecular weight is 223 g/mol. The zero-order valence-electron chi connectivity index (χ0n) is 7.38. The lowest BCUT2D eigenvalue weighted by Gasteiger charge is -1.98. The molecule has 1 N–H and O–H groups in total. The predicted molar refractivity (Wildman–Crippen MR) is 59.8 cm³/mol. The van der Waals surface area contributed by atoms with Crippen molar-refractivity contribution in [1.82, 2.24) is 4.98 Å². The highest BCUT2D eigenvalue weighted by Gasteiger charge is 1.98. The van der Waals surface area contributed by atoms with Gasteiger partial charge in [0.2, 0.25) is 0 Å². The Hall–Kier alpha value is -1.00.